The van der Waals surface area contributed by atoms with Crippen molar-refractivity contribution in [3.8, 4) is 11.6 Å². The molecule has 6 heteroatoms. The lowest BCUT2D eigenvalue weighted by Crippen LogP contribution is -2.11. The number of hydrogen-bond donors (Lipinski definition) is 1. The number of anilines is 1. The van der Waals surface area contributed by atoms with Gasteiger partial charge in [0.25, 0.3) is 5.91 Å². The van der Waals surface area contributed by atoms with Gasteiger partial charge in [-0.2, -0.15) is 5.10 Å². The predicted molar refractivity (Wildman–Crippen MR) is 92.7 cm³/mol. The van der Waals surface area contributed by atoms with Gasteiger partial charge in [-0.15, -0.1) is 5.10 Å². The Morgan fingerprint density at radius 1 is 1.04 bits per heavy atom. The van der Waals surface area contributed by atoms with E-state index in [0.29, 0.717) is 27.9 Å². The van der Waals surface area contributed by atoms with E-state index >= 15 is 0 Å². The van der Waals surface area contributed by atoms with Gasteiger partial charge in [-0.1, -0.05) is 17.7 Å². The Morgan fingerprint density at radius 3 is 2.50 bits per heavy atom. The van der Waals surface area contributed by atoms with Gasteiger partial charge >= 0.3 is 0 Å². The summed E-state index contributed by atoms with van der Waals surface area (Å²) in [5.74, 6) is 0.753. The highest BCUT2D eigenvalue weighted by Gasteiger charge is 2.07. The zero-order valence-electron chi connectivity index (χ0n) is 12.9. The number of carbonyl (C=O) groups excluding carboxylic acids is 1. The molecule has 2 aromatic carbocycles. The standard InChI is InChI=1S/C18H14ClN3O2/c1-12-5-10-17(22-21-12)24-16-8-6-13(7-9-16)18(23)20-15-4-2-3-14(19)11-15/h2-11H,1H3,(H,20,23). The lowest BCUT2D eigenvalue weighted by Gasteiger charge is -2.07. The number of aromatic nitrogens is 2. The molecular formula is C18H14ClN3O2. The number of carbonyl (C=O) groups is 1. The van der Waals surface area contributed by atoms with E-state index in [0.717, 1.165) is 5.69 Å². The molecule has 1 aromatic heterocycles. The quantitative estimate of drug-likeness (QED) is 0.761. The number of hydrogen-bond acceptors (Lipinski definition) is 4. The average molecular weight is 340 g/mol. The second-order valence-electron chi connectivity index (χ2n) is 5.10. The summed E-state index contributed by atoms with van der Waals surface area (Å²) in [4.78, 5) is 12.2. The first-order valence-corrected chi connectivity index (χ1v) is 7.63. The summed E-state index contributed by atoms with van der Waals surface area (Å²) in [6.07, 6.45) is 0. The molecule has 0 aliphatic rings. The molecule has 0 fully saturated rings. The third-order valence-electron chi connectivity index (χ3n) is 3.19. The molecular weight excluding hydrogens is 326 g/mol. The van der Waals surface area contributed by atoms with E-state index < -0.39 is 0 Å². The largest absolute Gasteiger partial charge is 0.438 e. The number of aryl methyl sites for hydroxylation is 1. The summed E-state index contributed by atoms with van der Waals surface area (Å²) in [6, 6.07) is 17.3. The molecule has 0 spiro atoms. The number of nitrogens with zero attached hydrogens (tertiary/aromatic N) is 2. The third-order valence-corrected chi connectivity index (χ3v) is 3.43. The zero-order valence-corrected chi connectivity index (χ0v) is 13.6. The monoisotopic (exact) mass is 339 g/mol. The van der Waals surface area contributed by atoms with Gasteiger partial charge in [0.1, 0.15) is 5.75 Å². The SMILES string of the molecule is Cc1ccc(Oc2ccc(C(=O)Nc3cccc(Cl)c3)cc2)nn1. The van der Waals surface area contributed by atoms with Crippen molar-refractivity contribution in [3.05, 3.63) is 76.9 Å². The Morgan fingerprint density at radius 2 is 1.83 bits per heavy atom. The Labute approximate surface area is 144 Å². The maximum atomic E-state index is 12.2. The summed E-state index contributed by atoms with van der Waals surface area (Å²) in [7, 11) is 0. The normalized spacial score (nSPS) is 10.2. The van der Waals surface area contributed by atoms with E-state index in [4.69, 9.17) is 16.3 Å². The molecule has 0 unspecified atom stereocenters. The van der Waals surface area contributed by atoms with Crippen molar-refractivity contribution in [1.29, 1.82) is 0 Å². The maximum absolute atomic E-state index is 12.2. The third kappa shape index (κ3) is 4.08. The van der Waals surface area contributed by atoms with E-state index in [1.54, 1.807) is 54.6 Å². The number of halogens is 1. The molecule has 1 amide bonds. The minimum atomic E-state index is -0.223. The molecule has 1 N–H and O–H groups in total. The number of benzene rings is 2. The lowest BCUT2D eigenvalue weighted by atomic mass is 10.2. The van der Waals surface area contributed by atoms with Crippen LogP contribution in [0.25, 0.3) is 0 Å². The van der Waals surface area contributed by atoms with Crippen molar-refractivity contribution in [2.24, 2.45) is 0 Å². The summed E-state index contributed by atoms with van der Waals surface area (Å²) in [6.45, 7) is 1.85. The van der Waals surface area contributed by atoms with Crippen LogP contribution in [0.5, 0.6) is 11.6 Å². The average Bonchev–Trinajstić information content (AvgIpc) is 2.57. The molecule has 0 atom stereocenters. The van der Waals surface area contributed by atoms with Gasteiger partial charge in [-0.3, -0.25) is 4.79 Å². The van der Waals surface area contributed by atoms with E-state index in [1.165, 1.54) is 0 Å². The fraction of sp³-hybridized carbons (Fsp3) is 0.0556. The van der Waals surface area contributed by atoms with Crippen LogP contribution in [-0.2, 0) is 0 Å². The lowest BCUT2D eigenvalue weighted by molar-refractivity contribution is 0.102. The first-order chi connectivity index (χ1) is 11.6. The fourth-order valence-corrected chi connectivity index (χ4v) is 2.20. The molecule has 120 valence electrons. The van der Waals surface area contributed by atoms with Crippen molar-refractivity contribution in [3.63, 3.8) is 0 Å². The van der Waals surface area contributed by atoms with E-state index in [-0.39, 0.29) is 5.91 Å². The summed E-state index contributed by atoms with van der Waals surface area (Å²) >= 11 is 5.90. The number of rotatable bonds is 4. The smallest absolute Gasteiger partial charge is 0.255 e. The Kier molecular flexibility index (Phi) is 4.72. The highest BCUT2D eigenvalue weighted by Crippen LogP contribution is 2.20. The van der Waals surface area contributed by atoms with Crippen LogP contribution in [-0.4, -0.2) is 16.1 Å². The van der Waals surface area contributed by atoms with E-state index in [9.17, 15) is 4.79 Å². The minimum absolute atomic E-state index is 0.223. The molecule has 0 saturated carbocycles. The highest BCUT2D eigenvalue weighted by atomic mass is 35.5. The van der Waals surface area contributed by atoms with Gasteiger partial charge in [-0.05, 0) is 55.5 Å². The first-order valence-electron chi connectivity index (χ1n) is 7.25. The second kappa shape index (κ2) is 7.10. The summed E-state index contributed by atoms with van der Waals surface area (Å²) < 4.78 is 5.58. The van der Waals surface area contributed by atoms with Crippen LogP contribution in [0.4, 0.5) is 5.69 Å². The molecule has 1 heterocycles. The van der Waals surface area contributed by atoms with Gasteiger partial charge < -0.3 is 10.1 Å². The van der Waals surface area contributed by atoms with Crippen molar-refractivity contribution < 1.29 is 9.53 Å². The summed E-state index contributed by atoms with van der Waals surface area (Å²) in [5, 5.41) is 11.2. The van der Waals surface area contributed by atoms with Gasteiger partial charge in [-0.25, -0.2) is 0 Å². The summed E-state index contributed by atoms with van der Waals surface area (Å²) in [5.41, 5.74) is 1.97. The second-order valence-corrected chi connectivity index (χ2v) is 5.54. The molecule has 3 rings (SSSR count). The van der Waals surface area contributed by atoms with Gasteiger partial charge in [0, 0.05) is 22.3 Å². The van der Waals surface area contributed by atoms with Crippen molar-refractivity contribution >= 4 is 23.2 Å². The Balaban J connectivity index is 1.67. The van der Waals surface area contributed by atoms with Crippen LogP contribution in [0.3, 0.4) is 0 Å². The maximum Gasteiger partial charge on any atom is 0.255 e. The van der Waals surface area contributed by atoms with E-state index in [1.807, 2.05) is 13.0 Å². The minimum Gasteiger partial charge on any atom is -0.438 e. The van der Waals surface area contributed by atoms with Crippen molar-refractivity contribution in [1.82, 2.24) is 10.2 Å². The van der Waals surface area contributed by atoms with Crippen molar-refractivity contribution in [2.45, 2.75) is 6.92 Å². The fourth-order valence-electron chi connectivity index (χ4n) is 2.01. The molecule has 24 heavy (non-hydrogen) atoms. The highest BCUT2D eigenvalue weighted by molar-refractivity contribution is 6.30. The Bertz CT molecular complexity index is 849. The molecule has 0 radical (unpaired) electrons. The van der Waals surface area contributed by atoms with Crippen LogP contribution in [0.15, 0.2) is 60.7 Å². The van der Waals surface area contributed by atoms with Gasteiger partial charge in [0.05, 0.1) is 5.69 Å². The van der Waals surface area contributed by atoms with Gasteiger partial charge in [0.15, 0.2) is 0 Å². The molecule has 3 aromatic rings. The van der Waals surface area contributed by atoms with Crippen molar-refractivity contribution in [2.75, 3.05) is 5.32 Å². The molecule has 0 bridgehead atoms. The van der Waals surface area contributed by atoms with Crippen LogP contribution >= 0.6 is 11.6 Å². The van der Waals surface area contributed by atoms with E-state index in [2.05, 4.69) is 15.5 Å². The van der Waals surface area contributed by atoms with Crippen LogP contribution in [0.1, 0.15) is 16.1 Å². The molecule has 0 aliphatic carbocycles. The van der Waals surface area contributed by atoms with Crippen LogP contribution < -0.4 is 10.1 Å². The first kappa shape index (κ1) is 16.0. The Hall–Kier alpha value is -2.92. The van der Waals surface area contributed by atoms with Crippen LogP contribution in [0.2, 0.25) is 5.02 Å². The topological polar surface area (TPSA) is 64.1 Å². The number of nitrogens with one attached hydrogen (secondary N) is 1. The number of ether oxygens (including phenoxy) is 1. The zero-order chi connectivity index (χ0) is 16.9. The predicted octanol–water partition coefficient (Wildman–Crippen LogP) is 4.48. The van der Waals surface area contributed by atoms with Gasteiger partial charge in [0.2, 0.25) is 5.88 Å². The molecule has 0 aliphatic heterocycles. The van der Waals surface area contributed by atoms with Crippen LogP contribution in [0, 0.1) is 6.92 Å². The molecule has 5 nitrogen and oxygen atoms in total. The number of amides is 1. The molecule has 0 saturated heterocycles.